The summed E-state index contributed by atoms with van der Waals surface area (Å²) >= 11 is 0. The van der Waals surface area contributed by atoms with E-state index in [0.717, 1.165) is 80.6 Å². The Bertz CT molecular complexity index is 2150. The predicted molar refractivity (Wildman–Crippen MR) is 193 cm³/mol. The Kier molecular flexibility index (Phi) is 9.08. The second-order valence-corrected chi connectivity index (χ2v) is 12.9. The van der Waals surface area contributed by atoms with Gasteiger partial charge in [0, 0.05) is 50.5 Å². The highest BCUT2D eigenvalue weighted by Gasteiger charge is 2.25. The van der Waals surface area contributed by atoms with Crippen LogP contribution < -0.4 is 0 Å². The molecule has 1 unspecified atom stereocenters. The monoisotopic (exact) mass is 622 g/mol. The number of unbranched alkanes of at least 4 members (excludes halogenated alkanes) is 1. The molecule has 6 aromatic rings. The number of Topliss-reactive ketones (excluding diaryl/α,β-unsaturated/α-hetero) is 1. The van der Waals surface area contributed by atoms with E-state index in [1.54, 1.807) is 12.1 Å². The highest BCUT2D eigenvalue weighted by atomic mass is 16.4. The van der Waals surface area contributed by atoms with Gasteiger partial charge < -0.3 is 9.77 Å². The fraction of sp³-hybridized carbons (Fsp3) is 0.262. The number of benzene rings is 5. The lowest BCUT2D eigenvalue weighted by Crippen LogP contribution is -2.16. The number of fused-ring (bicyclic) bond motifs is 5. The van der Waals surface area contributed by atoms with Crippen LogP contribution in [0.4, 0.5) is 0 Å². The number of hydrogen-bond donors (Lipinski definition) is 1. The van der Waals surface area contributed by atoms with E-state index in [0.29, 0.717) is 22.6 Å². The van der Waals surface area contributed by atoms with E-state index in [-0.39, 0.29) is 17.3 Å². The number of nitrogens with zero attached hydrogens (tertiary/aromatic N) is 2. The largest absolute Gasteiger partial charge is 0.410 e. The summed E-state index contributed by atoms with van der Waals surface area (Å²) in [7, 11) is 0. The van der Waals surface area contributed by atoms with Crippen LogP contribution in [0.25, 0.3) is 32.6 Å². The molecular formula is C42H42N2O3. The molecule has 5 nitrogen and oxygen atoms in total. The molecule has 6 rings (SSSR count). The maximum Gasteiger partial charge on any atom is 0.215 e. The van der Waals surface area contributed by atoms with Crippen molar-refractivity contribution in [3.05, 3.63) is 130 Å². The molecule has 0 saturated carbocycles. The summed E-state index contributed by atoms with van der Waals surface area (Å²) in [4.78, 5) is 28.3. The van der Waals surface area contributed by atoms with Crippen LogP contribution in [0.3, 0.4) is 0 Å². The number of carbonyl (C=O) groups excluding carboxylic acids is 2. The summed E-state index contributed by atoms with van der Waals surface area (Å²) in [6.45, 7) is 11.4. The van der Waals surface area contributed by atoms with E-state index in [1.165, 1.54) is 6.42 Å². The van der Waals surface area contributed by atoms with Crippen molar-refractivity contribution in [2.75, 3.05) is 0 Å². The number of ketones is 2. The minimum atomic E-state index is -0.362. The van der Waals surface area contributed by atoms with Gasteiger partial charge in [0.1, 0.15) is 0 Å². The molecule has 0 spiro atoms. The number of aromatic nitrogens is 1. The van der Waals surface area contributed by atoms with Crippen LogP contribution in [0.1, 0.15) is 88.1 Å². The molecule has 5 aromatic carbocycles. The Hall–Kier alpha value is -5.03. The van der Waals surface area contributed by atoms with Crippen molar-refractivity contribution in [3.63, 3.8) is 0 Å². The molecule has 1 heterocycles. The lowest BCUT2D eigenvalue weighted by molar-refractivity contribution is 0.103. The quantitative estimate of drug-likeness (QED) is 0.0676. The molecular weight excluding hydrogens is 580 g/mol. The van der Waals surface area contributed by atoms with Gasteiger partial charge in [0.15, 0.2) is 11.5 Å². The van der Waals surface area contributed by atoms with Gasteiger partial charge in [-0.05, 0) is 73.9 Å². The van der Waals surface area contributed by atoms with E-state index in [4.69, 9.17) is 0 Å². The van der Waals surface area contributed by atoms with E-state index in [9.17, 15) is 14.8 Å². The molecule has 0 saturated heterocycles. The molecule has 0 aliphatic carbocycles. The van der Waals surface area contributed by atoms with E-state index < -0.39 is 0 Å². The molecule has 238 valence electrons. The van der Waals surface area contributed by atoms with Crippen LogP contribution in [0.15, 0.2) is 96.2 Å². The van der Waals surface area contributed by atoms with Gasteiger partial charge in [-0.1, -0.05) is 111 Å². The molecule has 0 radical (unpaired) electrons. The number of carbonyl (C=O) groups is 2. The standard InChI is InChI=1S/C42H42N2O3/c1-6-8-14-29(7-2)25-44-37-20-19-31(41(45)39(43-47)30-15-10-9-11-16-30)23-34(37)35-24-36(32-17-12-13-18-33(32)40(35)44)42(46)38-27(4)21-26(3)22-28(38)5/h9-13,15-24,29,47H,6-8,14,25H2,1-5H3/b43-39+. The third kappa shape index (κ3) is 5.87. The third-order valence-electron chi connectivity index (χ3n) is 9.62. The predicted octanol–water partition coefficient (Wildman–Crippen LogP) is 10.4. The Labute approximate surface area is 276 Å². The van der Waals surface area contributed by atoms with Gasteiger partial charge >= 0.3 is 0 Å². The SMILES string of the molecule is CCCCC(CC)Cn1c2ccc(C(=O)/C(=N/O)c3ccccc3)cc2c2cc(C(=O)c3c(C)cc(C)cc3C)c3ccccc3c21. The van der Waals surface area contributed by atoms with Crippen LogP contribution in [0, 0.1) is 26.7 Å². The van der Waals surface area contributed by atoms with Crippen molar-refractivity contribution < 1.29 is 14.8 Å². The Morgan fingerprint density at radius 1 is 0.766 bits per heavy atom. The molecule has 0 bridgehead atoms. The van der Waals surface area contributed by atoms with E-state index in [1.807, 2.05) is 68.4 Å². The van der Waals surface area contributed by atoms with E-state index >= 15 is 0 Å². The average molecular weight is 623 g/mol. The summed E-state index contributed by atoms with van der Waals surface area (Å²) in [5.41, 5.74) is 7.50. The van der Waals surface area contributed by atoms with Crippen molar-refractivity contribution in [2.45, 2.75) is 66.8 Å². The highest BCUT2D eigenvalue weighted by molar-refractivity contribution is 6.51. The molecule has 0 aliphatic heterocycles. The first-order valence-corrected chi connectivity index (χ1v) is 16.7. The summed E-state index contributed by atoms with van der Waals surface area (Å²) in [6.07, 6.45) is 4.52. The first kappa shape index (κ1) is 31.9. The highest BCUT2D eigenvalue weighted by Crippen LogP contribution is 2.39. The van der Waals surface area contributed by atoms with Crippen molar-refractivity contribution in [1.82, 2.24) is 4.57 Å². The van der Waals surface area contributed by atoms with Gasteiger partial charge in [0.25, 0.3) is 0 Å². The zero-order valence-corrected chi connectivity index (χ0v) is 27.9. The number of aryl methyl sites for hydroxylation is 3. The Morgan fingerprint density at radius 3 is 2.11 bits per heavy atom. The normalized spacial score (nSPS) is 12.7. The number of hydrogen-bond acceptors (Lipinski definition) is 4. The first-order valence-electron chi connectivity index (χ1n) is 16.7. The molecule has 1 aromatic heterocycles. The van der Waals surface area contributed by atoms with Crippen LogP contribution >= 0.6 is 0 Å². The summed E-state index contributed by atoms with van der Waals surface area (Å²) < 4.78 is 2.40. The molecule has 0 amide bonds. The molecule has 47 heavy (non-hydrogen) atoms. The zero-order chi connectivity index (χ0) is 33.2. The molecule has 1 atom stereocenters. The zero-order valence-electron chi connectivity index (χ0n) is 27.9. The lowest BCUT2D eigenvalue weighted by atomic mass is 9.89. The Balaban J connectivity index is 1.63. The first-order chi connectivity index (χ1) is 22.8. The second kappa shape index (κ2) is 13.4. The summed E-state index contributed by atoms with van der Waals surface area (Å²) in [5, 5.41) is 17.1. The van der Waals surface area contributed by atoms with Gasteiger partial charge in [0.2, 0.25) is 5.78 Å². The topological polar surface area (TPSA) is 71.7 Å². The average Bonchev–Trinajstić information content (AvgIpc) is 3.38. The fourth-order valence-electron chi connectivity index (χ4n) is 7.30. The van der Waals surface area contributed by atoms with E-state index in [2.05, 4.69) is 54.8 Å². The van der Waals surface area contributed by atoms with Gasteiger partial charge in [-0.25, -0.2) is 0 Å². The van der Waals surface area contributed by atoms with Crippen molar-refractivity contribution in [2.24, 2.45) is 11.1 Å². The van der Waals surface area contributed by atoms with Crippen LogP contribution in [-0.2, 0) is 6.54 Å². The van der Waals surface area contributed by atoms with Crippen molar-refractivity contribution in [1.29, 1.82) is 0 Å². The molecule has 1 N–H and O–H groups in total. The summed E-state index contributed by atoms with van der Waals surface area (Å²) in [6, 6.07) is 29.1. The van der Waals surface area contributed by atoms with Crippen molar-refractivity contribution in [3.8, 4) is 0 Å². The smallest absolute Gasteiger partial charge is 0.215 e. The lowest BCUT2D eigenvalue weighted by Gasteiger charge is -2.19. The van der Waals surface area contributed by atoms with Gasteiger partial charge in [-0.15, -0.1) is 0 Å². The second-order valence-electron chi connectivity index (χ2n) is 12.9. The molecule has 5 heteroatoms. The maximum atomic E-state index is 14.5. The number of rotatable bonds is 11. The molecule has 0 aliphatic rings. The third-order valence-corrected chi connectivity index (χ3v) is 9.62. The maximum absolute atomic E-state index is 14.5. The van der Waals surface area contributed by atoms with Gasteiger partial charge in [-0.3, -0.25) is 9.59 Å². The van der Waals surface area contributed by atoms with Crippen LogP contribution in [0.5, 0.6) is 0 Å². The van der Waals surface area contributed by atoms with Gasteiger partial charge in [-0.2, -0.15) is 0 Å². The fourth-order valence-corrected chi connectivity index (χ4v) is 7.30. The minimum Gasteiger partial charge on any atom is -0.410 e. The van der Waals surface area contributed by atoms with Gasteiger partial charge in [0.05, 0.1) is 5.52 Å². The van der Waals surface area contributed by atoms with Crippen molar-refractivity contribution >= 4 is 49.9 Å². The Morgan fingerprint density at radius 2 is 1.45 bits per heavy atom. The number of oxime groups is 1. The molecule has 0 fully saturated rings. The summed E-state index contributed by atoms with van der Waals surface area (Å²) in [5.74, 6) is 0.123. The minimum absolute atomic E-state index is 0.000566. The van der Waals surface area contributed by atoms with Crippen LogP contribution in [-0.4, -0.2) is 27.1 Å². The van der Waals surface area contributed by atoms with Crippen LogP contribution in [0.2, 0.25) is 0 Å².